The Bertz CT molecular complexity index is 1280. The number of anilines is 2. The first kappa shape index (κ1) is 26.4. The van der Waals surface area contributed by atoms with Gasteiger partial charge in [0.25, 0.3) is 11.8 Å². The number of hydrogen-bond donors (Lipinski definition) is 2. The lowest BCUT2D eigenvalue weighted by molar-refractivity contribution is -0.137. The van der Waals surface area contributed by atoms with Crippen molar-refractivity contribution in [1.29, 1.82) is 0 Å². The Balaban J connectivity index is 1.44. The van der Waals surface area contributed by atoms with Gasteiger partial charge in [0.2, 0.25) is 0 Å². The average molecular weight is 511 g/mol. The van der Waals surface area contributed by atoms with E-state index in [0.717, 1.165) is 56.0 Å². The SMILES string of the molecule is Cc1ccc(NC(=O)c2cccc(C(F)(F)F)c2)cc1NC(=O)c1cccc(CN2CCN(C)CC2)c1. The van der Waals surface area contributed by atoms with Gasteiger partial charge in [0.15, 0.2) is 0 Å². The Hall–Kier alpha value is -3.69. The van der Waals surface area contributed by atoms with Gasteiger partial charge < -0.3 is 15.5 Å². The van der Waals surface area contributed by atoms with Crippen LogP contribution in [0.1, 0.15) is 37.4 Å². The first-order chi connectivity index (χ1) is 17.6. The minimum absolute atomic E-state index is 0.113. The fourth-order valence-corrected chi connectivity index (χ4v) is 4.14. The largest absolute Gasteiger partial charge is 0.416 e. The molecule has 0 bridgehead atoms. The first-order valence-corrected chi connectivity index (χ1v) is 12.0. The van der Waals surface area contributed by atoms with Crippen LogP contribution < -0.4 is 10.6 Å². The second-order valence-electron chi connectivity index (χ2n) is 9.30. The fourth-order valence-electron chi connectivity index (χ4n) is 4.14. The summed E-state index contributed by atoms with van der Waals surface area (Å²) in [4.78, 5) is 30.2. The Morgan fingerprint density at radius 2 is 1.49 bits per heavy atom. The van der Waals surface area contributed by atoms with Crippen molar-refractivity contribution in [1.82, 2.24) is 9.80 Å². The van der Waals surface area contributed by atoms with Crippen molar-refractivity contribution in [3.05, 3.63) is 94.5 Å². The van der Waals surface area contributed by atoms with Gasteiger partial charge in [-0.15, -0.1) is 0 Å². The van der Waals surface area contributed by atoms with Crippen molar-refractivity contribution < 1.29 is 22.8 Å². The molecule has 9 heteroatoms. The molecule has 3 aromatic carbocycles. The molecule has 1 aliphatic rings. The van der Waals surface area contributed by atoms with Crippen molar-refractivity contribution in [3.8, 4) is 0 Å². The van der Waals surface area contributed by atoms with Crippen LogP contribution in [0.15, 0.2) is 66.7 Å². The van der Waals surface area contributed by atoms with Crippen molar-refractivity contribution in [2.45, 2.75) is 19.6 Å². The van der Waals surface area contributed by atoms with Gasteiger partial charge in [-0.1, -0.05) is 24.3 Å². The van der Waals surface area contributed by atoms with E-state index < -0.39 is 17.6 Å². The molecule has 4 rings (SSSR count). The van der Waals surface area contributed by atoms with E-state index in [9.17, 15) is 22.8 Å². The summed E-state index contributed by atoms with van der Waals surface area (Å²) in [5, 5.41) is 5.49. The van der Waals surface area contributed by atoms with Crippen LogP contribution in [0.2, 0.25) is 0 Å². The molecule has 1 aliphatic heterocycles. The number of hydrogen-bond acceptors (Lipinski definition) is 4. The van der Waals surface area contributed by atoms with Gasteiger partial charge >= 0.3 is 6.18 Å². The molecular formula is C28H29F3N4O2. The number of amides is 2. The number of nitrogens with zero attached hydrogens (tertiary/aromatic N) is 2. The second kappa shape index (κ2) is 11.1. The van der Waals surface area contributed by atoms with Crippen molar-refractivity contribution in [3.63, 3.8) is 0 Å². The number of nitrogens with one attached hydrogen (secondary N) is 2. The highest BCUT2D eigenvalue weighted by atomic mass is 19.4. The van der Waals surface area contributed by atoms with Crippen LogP contribution in [0.4, 0.5) is 24.5 Å². The second-order valence-corrected chi connectivity index (χ2v) is 9.30. The molecule has 37 heavy (non-hydrogen) atoms. The van der Waals surface area contributed by atoms with E-state index in [1.54, 1.807) is 24.3 Å². The van der Waals surface area contributed by atoms with Crippen LogP contribution >= 0.6 is 0 Å². The topological polar surface area (TPSA) is 64.7 Å². The smallest absolute Gasteiger partial charge is 0.322 e. The molecule has 2 amide bonds. The van der Waals surface area contributed by atoms with Crippen molar-refractivity contribution in [2.24, 2.45) is 0 Å². The summed E-state index contributed by atoms with van der Waals surface area (Å²) < 4.78 is 39.0. The number of carbonyl (C=O) groups is 2. The Kier molecular flexibility index (Phi) is 7.94. The summed E-state index contributed by atoms with van der Waals surface area (Å²) in [6.45, 7) is 6.57. The van der Waals surface area contributed by atoms with E-state index in [1.807, 2.05) is 25.1 Å². The summed E-state index contributed by atoms with van der Waals surface area (Å²) in [6, 6.07) is 16.7. The molecule has 0 aliphatic carbocycles. The summed E-state index contributed by atoms with van der Waals surface area (Å²) in [5.41, 5.74) is 2.19. The monoisotopic (exact) mass is 510 g/mol. The molecule has 1 saturated heterocycles. The number of alkyl halides is 3. The summed E-state index contributed by atoms with van der Waals surface area (Å²) >= 11 is 0. The molecule has 0 radical (unpaired) electrons. The third kappa shape index (κ3) is 6.96. The Morgan fingerprint density at radius 3 is 2.19 bits per heavy atom. The van der Waals surface area contributed by atoms with Crippen LogP contribution in [0.3, 0.4) is 0 Å². The zero-order valence-corrected chi connectivity index (χ0v) is 20.7. The highest BCUT2D eigenvalue weighted by molar-refractivity contribution is 6.07. The zero-order chi connectivity index (χ0) is 26.6. The molecular weight excluding hydrogens is 481 g/mol. The number of carbonyl (C=O) groups excluding carboxylic acids is 2. The van der Waals surface area contributed by atoms with Crippen LogP contribution in [0, 0.1) is 6.92 Å². The van der Waals surface area contributed by atoms with Crippen LogP contribution in [-0.2, 0) is 12.7 Å². The number of piperazine rings is 1. The third-order valence-electron chi connectivity index (χ3n) is 6.39. The zero-order valence-electron chi connectivity index (χ0n) is 20.7. The van der Waals surface area contributed by atoms with Crippen LogP contribution in [0.25, 0.3) is 0 Å². The number of likely N-dealkylation sites (N-methyl/N-ethyl adjacent to an activating group) is 1. The van der Waals surface area contributed by atoms with E-state index in [-0.39, 0.29) is 11.5 Å². The number of halogens is 3. The van der Waals surface area contributed by atoms with Gasteiger partial charge in [-0.3, -0.25) is 14.5 Å². The van der Waals surface area contributed by atoms with E-state index in [0.29, 0.717) is 16.9 Å². The van der Waals surface area contributed by atoms with E-state index in [4.69, 9.17) is 0 Å². The maximum atomic E-state index is 13.0. The molecule has 3 aromatic rings. The van der Waals surface area contributed by atoms with Gasteiger partial charge in [0, 0.05) is 55.2 Å². The van der Waals surface area contributed by atoms with Gasteiger partial charge in [0.1, 0.15) is 0 Å². The average Bonchev–Trinajstić information content (AvgIpc) is 2.87. The van der Waals surface area contributed by atoms with E-state index in [2.05, 4.69) is 27.5 Å². The number of rotatable bonds is 6. The van der Waals surface area contributed by atoms with Gasteiger partial charge in [-0.05, 0) is 67.6 Å². The molecule has 1 heterocycles. The summed E-state index contributed by atoms with van der Waals surface area (Å²) in [6.07, 6.45) is -4.54. The van der Waals surface area contributed by atoms with Gasteiger partial charge in [0.05, 0.1) is 5.56 Å². The predicted molar refractivity (Wildman–Crippen MR) is 138 cm³/mol. The lowest BCUT2D eigenvalue weighted by Crippen LogP contribution is -2.43. The normalized spacial score (nSPS) is 14.8. The van der Waals surface area contributed by atoms with E-state index in [1.165, 1.54) is 12.1 Å². The highest BCUT2D eigenvalue weighted by Gasteiger charge is 2.31. The number of aryl methyl sites for hydroxylation is 1. The fraction of sp³-hybridized carbons (Fsp3) is 0.286. The van der Waals surface area contributed by atoms with Crippen LogP contribution in [-0.4, -0.2) is 54.8 Å². The highest BCUT2D eigenvalue weighted by Crippen LogP contribution is 2.30. The third-order valence-corrected chi connectivity index (χ3v) is 6.39. The maximum absolute atomic E-state index is 13.0. The standard InChI is InChI=1S/C28H29F3N4O2/c1-19-9-10-24(32-26(36)22-7-4-8-23(16-22)28(29,30)31)17-25(19)33-27(37)21-6-3-5-20(15-21)18-35-13-11-34(2)12-14-35/h3-10,15-17H,11-14,18H2,1-2H3,(H,32,36)(H,33,37). The minimum Gasteiger partial charge on any atom is -0.322 e. The lowest BCUT2D eigenvalue weighted by atomic mass is 10.1. The molecule has 0 saturated carbocycles. The van der Waals surface area contributed by atoms with Gasteiger partial charge in [-0.2, -0.15) is 13.2 Å². The molecule has 2 N–H and O–H groups in total. The van der Waals surface area contributed by atoms with Crippen molar-refractivity contribution >= 4 is 23.2 Å². The quantitative estimate of drug-likeness (QED) is 0.475. The van der Waals surface area contributed by atoms with Gasteiger partial charge in [-0.25, -0.2) is 0 Å². The molecule has 0 unspecified atom stereocenters. The van der Waals surface area contributed by atoms with Crippen molar-refractivity contribution in [2.75, 3.05) is 43.9 Å². The predicted octanol–water partition coefficient (Wildman–Crippen LogP) is 5.27. The van der Waals surface area contributed by atoms with Crippen LogP contribution in [0.5, 0.6) is 0 Å². The summed E-state index contributed by atoms with van der Waals surface area (Å²) in [7, 11) is 2.11. The minimum atomic E-state index is -4.54. The molecule has 0 spiro atoms. The lowest BCUT2D eigenvalue weighted by Gasteiger charge is -2.32. The Labute approximate surface area is 214 Å². The maximum Gasteiger partial charge on any atom is 0.416 e. The molecule has 1 fully saturated rings. The van der Waals surface area contributed by atoms with E-state index >= 15 is 0 Å². The molecule has 0 aromatic heterocycles. The number of benzene rings is 3. The molecule has 194 valence electrons. The molecule has 0 atom stereocenters. The molecule has 6 nitrogen and oxygen atoms in total. The summed E-state index contributed by atoms with van der Waals surface area (Å²) in [5.74, 6) is -0.964. The first-order valence-electron chi connectivity index (χ1n) is 12.0. The Morgan fingerprint density at radius 1 is 0.838 bits per heavy atom.